The van der Waals surface area contributed by atoms with E-state index in [0.29, 0.717) is 0 Å². The van der Waals surface area contributed by atoms with Crippen molar-refractivity contribution in [2.75, 3.05) is 18.4 Å². The van der Waals surface area contributed by atoms with Gasteiger partial charge in [-0.1, -0.05) is 12.1 Å². The van der Waals surface area contributed by atoms with E-state index in [9.17, 15) is 0 Å². The number of nitrogens with two attached hydrogens (primary N) is 1. The highest BCUT2D eigenvalue weighted by Gasteiger charge is 2.12. The molecular weight excluding hydrogens is 160 g/mol. The largest absolute Gasteiger partial charge is 0.384 e. The van der Waals surface area contributed by atoms with E-state index >= 15 is 0 Å². The molecule has 0 aliphatic carbocycles. The molecule has 1 heterocycles. The van der Waals surface area contributed by atoms with Crippen LogP contribution in [0.3, 0.4) is 0 Å². The van der Waals surface area contributed by atoms with Gasteiger partial charge in [0.2, 0.25) is 0 Å². The van der Waals surface area contributed by atoms with Gasteiger partial charge in [-0.05, 0) is 43.0 Å². The summed E-state index contributed by atoms with van der Waals surface area (Å²) in [6.07, 6.45) is 3.40. The second-order valence-electron chi connectivity index (χ2n) is 3.51. The van der Waals surface area contributed by atoms with Crippen LogP contribution < -0.4 is 11.1 Å². The lowest BCUT2D eigenvalue weighted by atomic mass is 10.0. The molecule has 1 aliphatic heterocycles. The molecule has 1 aromatic rings. The summed E-state index contributed by atoms with van der Waals surface area (Å²) in [5, 5.41) is 3.39. The maximum atomic E-state index is 5.51. The Morgan fingerprint density at radius 3 is 3.15 bits per heavy atom. The lowest BCUT2D eigenvalue weighted by molar-refractivity contribution is 0.825. The van der Waals surface area contributed by atoms with Crippen LogP contribution in [0.2, 0.25) is 0 Å². The van der Waals surface area contributed by atoms with E-state index < -0.39 is 0 Å². The molecule has 0 aromatic heterocycles. The first kappa shape index (κ1) is 8.57. The average molecular weight is 176 g/mol. The molecule has 0 radical (unpaired) electrons. The molecule has 1 aromatic carbocycles. The summed E-state index contributed by atoms with van der Waals surface area (Å²) < 4.78 is 0. The van der Waals surface area contributed by atoms with Gasteiger partial charge < -0.3 is 11.1 Å². The van der Waals surface area contributed by atoms with Gasteiger partial charge in [0.05, 0.1) is 0 Å². The normalized spacial score (nSPS) is 13.9. The summed E-state index contributed by atoms with van der Waals surface area (Å²) in [5.74, 6) is 0. The number of rotatable bonds is 3. The predicted octanol–water partition coefficient (Wildman–Crippen LogP) is 1.55. The molecule has 2 rings (SSSR count). The molecule has 0 spiro atoms. The molecule has 0 unspecified atom stereocenters. The Hall–Kier alpha value is -1.02. The Kier molecular flexibility index (Phi) is 2.50. The van der Waals surface area contributed by atoms with E-state index in [1.165, 1.54) is 23.2 Å². The van der Waals surface area contributed by atoms with Gasteiger partial charge >= 0.3 is 0 Å². The van der Waals surface area contributed by atoms with Crippen molar-refractivity contribution in [3.05, 3.63) is 29.3 Å². The molecule has 0 bridgehead atoms. The van der Waals surface area contributed by atoms with Crippen molar-refractivity contribution in [2.45, 2.75) is 19.3 Å². The van der Waals surface area contributed by atoms with Gasteiger partial charge in [-0.25, -0.2) is 0 Å². The highest BCUT2D eigenvalue weighted by molar-refractivity contribution is 5.58. The zero-order valence-corrected chi connectivity index (χ0v) is 7.84. The minimum Gasteiger partial charge on any atom is -0.384 e. The smallest absolute Gasteiger partial charge is 0.0376 e. The van der Waals surface area contributed by atoms with Gasteiger partial charge in [-0.3, -0.25) is 0 Å². The topological polar surface area (TPSA) is 38.0 Å². The first-order chi connectivity index (χ1) is 6.42. The summed E-state index contributed by atoms with van der Waals surface area (Å²) in [7, 11) is 0. The standard InChI is InChI=1S/C11H16N2/c12-7-2-4-9-3-1-5-11-10(9)6-8-13-11/h1,3,5,13H,2,4,6-8,12H2. The molecule has 0 fully saturated rings. The van der Waals surface area contributed by atoms with Gasteiger partial charge in [0.15, 0.2) is 0 Å². The fraction of sp³-hybridized carbons (Fsp3) is 0.455. The van der Waals surface area contributed by atoms with Crippen LogP contribution >= 0.6 is 0 Å². The maximum absolute atomic E-state index is 5.51. The first-order valence-electron chi connectivity index (χ1n) is 4.96. The Balaban J connectivity index is 2.20. The highest BCUT2D eigenvalue weighted by Crippen LogP contribution is 2.25. The average Bonchev–Trinajstić information content (AvgIpc) is 2.62. The van der Waals surface area contributed by atoms with Crippen molar-refractivity contribution in [2.24, 2.45) is 5.73 Å². The van der Waals surface area contributed by atoms with E-state index in [1.807, 2.05) is 0 Å². The van der Waals surface area contributed by atoms with Crippen LogP contribution in [0.4, 0.5) is 5.69 Å². The molecule has 13 heavy (non-hydrogen) atoms. The van der Waals surface area contributed by atoms with Crippen molar-refractivity contribution >= 4 is 5.69 Å². The SMILES string of the molecule is NCCCc1cccc2c1CCN2. The summed E-state index contributed by atoms with van der Waals surface area (Å²) in [6.45, 7) is 1.88. The van der Waals surface area contributed by atoms with Gasteiger partial charge in [-0.2, -0.15) is 0 Å². The van der Waals surface area contributed by atoms with Crippen LogP contribution in [-0.4, -0.2) is 13.1 Å². The van der Waals surface area contributed by atoms with Crippen molar-refractivity contribution in [3.8, 4) is 0 Å². The molecule has 0 saturated carbocycles. The molecule has 0 atom stereocenters. The molecule has 1 aliphatic rings. The van der Waals surface area contributed by atoms with Crippen LogP contribution in [0, 0.1) is 0 Å². The monoisotopic (exact) mass is 176 g/mol. The van der Waals surface area contributed by atoms with E-state index in [2.05, 4.69) is 23.5 Å². The summed E-state index contributed by atoms with van der Waals surface area (Å²) in [4.78, 5) is 0. The second kappa shape index (κ2) is 3.79. The van der Waals surface area contributed by atoms with Crippen LogP contribution in [-0.2, 0) is 12.8 Å². The fourth-order valence-electron chi connectivity index (χ4n) is 1.94. The van der Waals surface area contributed by atoms with Crippen LogP contribution in [0.15, 0.2) is 18.2 Å². The van der Waals surface area contributed by atoms with E-state index in [0.717, 1.165) is 25.9 Å². The number of benzene rings is 1. The van der Waals surface area contributed by atoms with Crippen molar-refractivity contribution in [1.82, 2.24) is 0 Å². The number of hydrogen-bond acceptors (Lipinski definition) is 2. The van der Waals surface area contributed by atoms with E-state index in [-0.39, 0.29) is 0 Å². The van der Waals surface area contributed by atoms with Crippen LogP contribution in [0.1, 0.15) is 17.5 Å². The lowest BCUT2D eigenvalue weighted by Gasteiger charge is -2.06. The Morgan fingerprint density at radius 1 is 1.38 bits per heavy atom. The lowest BCUT2D eigenvalue weighted by Crippen LogP contribution is -2.01. The number of aryl methyl sites for hydroxylation is 1. The molecule has 2 nitrogen and oxygen atoms in total. The molecule has 0 amide bonds. The zero-order valence-electron chi connectivity index (χ0n) is 7.84. The minimum absolute atomic E-state index is 0.789. The summed E-state index contributed by atoms with van der Waals surface area (Å²) >= 11 is 0. The van der Waals surface area contributed by atoms with E-state index in [4.69, 9.17) is 5.73 Å². The molecule has 70 valence electrons. The molecule has 3 N–H and O–H groups in total. The highest BCUT2D eigenvalue weighted by atomic mass is 14.9. The third-order valence-electron chi connectivity index (χ3n) is 2.61. The predicted molar refractivity (Wildman–Crippen MR) is 56.0 cm³/mol. The molecular formula is C11H16N2. The van der Waals surface area contributed by atoms with Gasteiger partial charge in [0.1, 0.15) is 0 Å². The second-order valence-corrected chi connectivity index (χ2v) is 3.51. The van der Waals surface area contributed by atoms with Crippen molar-refractivity contribution < 1.29 is 0 Å². The zero-order chi connectivity index (χ0) is 9.10. The molecule has 2 heteroatoms. The quantitative estimate of drug-likeness (QED) is 0.733. The summed E-state index contributed by atoms with van der Waals surface area (Å²) in [5.41, 5.74) is 9.82. The van der Waals surface area contributed by atoms with Gasteiger partial charge in [0, 0.05) is 12.2 Å². The minimum atomic E-state index is 0.789. The van der Waals surface area contributed by atoms with Crippen molar-refractivity contribution in [3.63, 3.8) is 0 Å². The maximum Gasteiger partial charge on any atom is 0.0376 e. The molecule has 0 saturated heterocycles. The van der Waals surface area contributed by atoms with E-state index in [1.54, 1.807) is 0 Å². The number of anilines is 1. The number of nitrogens with one attached hydrogen (secondary N) is 1. The number of fused-ring (bicyclic) bond motifs is 1. The number of hydrogen-bond donors (Lipinski definition) is 2. The Bertz CT molecular complexity index is 294. The summed E-state index contributed by atoms with van der Waals surface area (Å²) in [6, 6.07) is 6.51. The first-order valence-corrected chi connectivity index (χ1v) is 4.96. The Labute approximate surface area is 79.1 Å². The van der Waals surface area contributed by atoms with Crippen LogP contribution in [0.5, 0.6) is 0 Å². The van der Waals surface area contributed by atoms with Crippen molar-refractivity contribution in [1.29, 1.82) is 0 Å². The van der Waals surface area contributed by atoms with Gasteiger partial charge in [-0.15, -0.1) is 0 Å². The van der Waals surface area contributed by atoms with Gasteiger partial charge in [0.25, 0.3) is 0 Å². The fourth-order valence-corrected chi connectivity index (χ4v) is 1.94. The third kappa shape index (κ3) is 1.68. The Morgan fingerprint density at radius 2 is 2.31 bits per heavy atom. The van der Waals surface area contributed by atoms with Crippen LogP contribution in [0.25, 0.3) is 0 Å². The third-order valence-corrected chi connectivity index (χ3v) is 2.61.